The molecule has 6 rings (SSSR count). The van der Waals surface area contributed by atoms with Gasteiger partial charge in [0.2, 0.25) is 17.7 Å². The van der Waals surface area contributed by atoms with E-state index in [2.05, 4.69) is 16.7 Å². The number of anilines is 1. The average Bonchev–Trinajstić information content (AvgIpc) is 2.89. The van der Waals surface area contributed by atoms with E-state index >= 15 is 0 Å². The fraction of sp³-hybridized carbons (Fsp3) is 0.250. The molecule has 3 aliphatic carbocycles. The lowest BCUT2D eigenvalue weighted by Crippen LogP contribution is -2.41. The lowest BCUT2D eigenvalue weighted by Gasteiger charge is -2.46. The van der Waals surface area contributed by atoms with Gasteiger partial charge in [0, 0.05) is 24.4 Å². The van der Waals surface area contributed by atoms with E-state index in [0.29, 0.717) is 0 Å². The number of rotatable bonds is 1. The minimum absolute atomic E-state index is 0.112. The van der Waals surface area contributed by atoms with Crippen molar-refractivity contribution in [2.75, 3.05) is 5.32 Å². The quantitative estimate of drug-likeness (QED) is 0.786. The minimum Gasteiger partial charge on any atom is -0.326 e. The summed E-state index contributed by atoms with van der Waals surface area (Å²) in [5.74, 6) is -1.46. The van der Waals surface area contributed by atoms with Gasteiger partial charge >= 0.3 is 0 Å². The Labute approximate surface area is 144 Å². The molecule has 0 aromatic heterocycles. The molecule has 25 heavy (non-hydrogen) atoms. The molecule has 0 radical (unpaired) electrons. The molecule has 4 unspecified atom stereocenters. The first-order valence-electron chi connectivity index (χ1n) is 8.41. The van der Waals surface area contributed by atoms with E-state index in [1.165, 1.54) is 6.92 Å². The predicted molar refractivity (Wildman–Crippen MR) is 91.0 cm³/mol. The van der Waals surface area contributed by atoms with Gasteiger partial charge in [0.15, 0.2) is 0 Å². The molecule has 2 bridgehead atoms. The van der Waals surface area contributed by atoms with Gasteiger partial charge in [-0.25, -0.2) is 0 Å². The average molecular weight is 332 g/mol. The molecule has 4 aliphatic rings. The highest BCUT2D eigenvalue weighted by Crippen LogP contribution is 2.59. The zero-order chi connectivity index (χ0) is 17.3. The molecule has 1 aliphatic heterocycles. The van der Waals surface area contributed by atoms with Gasteiger partial charge in [-0.1, -0.05) is 30.3 Å². The first-order valence-corrected chi connectivity index (χ1v) is 8.41. The maximum atomic E-state index is 12.5. The Bertz CT molecular complexity index is 965. The number of carbonyl (C=O) groups excluding carboxylic acids is 3. The van der Waals surface area contributed by atoms with Crippen LogP contribution in [0.3, 0.4) is 0 Å². The van der Waals surface area contributed by atoms with E-state index in [1.54, 1.807) is 0 Å². The molecule has 5 heteroatoms. The molecule has 1 heterocycles. The van der Waals surface area contributed by atoms with Crippen LogP contribution >= 0.6 is 0 Å². The van der Waals surface area contributed by atoms with E-state index < -0.39 is 0 Å². The van der Waals surface area contributed by atoms with Crippen molar-refractivity contribution in [2.45, 2.75) is 18.8 Å². The fourth-order valence-corrected chi connectivity index (χ4v) is 4.93. The number of amides is 3. The van der Waals surface area contributed by atoms with Crippen molar-refractivity contribution in [2.24, 2.45) is 11.8 Å². The van der Waals surface area contributed by atoms with Gasteiger partial charge in [0.1, 0.15) is 0 Å². The lowest BCUT2D eigenvalue weighted by atomic mass is 9.55. The molecule has 1 fully saturated rings. The van der Waals surface area contributed by atoms with Crippen molar-refractivity contribution < 1.29 is 14.4 Å². The first kappa shape index (κ1) is 14.4. The standard InChI is InChI=1S/C20H16N2O3/c1-9(23)21-10-6-7-13-14(8-10)16-12-5-3-2-4-11(12)15(13)17-18(16)20(25)22-19(17)24/h2-8,15-18H,1H3,(H,21,23)(H,22,24,25). The van der Waals surface area contributed by atoms with Crippen molar-refractivity contribution in [1.29, 1.82) is 0 Å². The zero-order valence-corrected chi connectivity index (χ0v) is 13.6. The highest BCUT2D eigenvalue weighted by molar-refractivity contribution is 6.07. The molecule has 124 valence electrons. The van der Waals surface area contributed by atoms with E-state index in [9.17, 15) is 14.4 Å². The molecular formula is C20H16N2O3. The first-order chi connectivity index (χ1) is 12.1. The third kappa shape index (κ3) is 1.81. The van der Waals surface area contributed by atoms with Crippen molar-refractivity contribution in [3.8, 4) is 0 Å². The van der Waals surface area contributed by atoms with E-state index in [4.69, 9.17) is 0 Å². The van der Waals surface area contributed by atoms with Gasteiger partial charge < -0.3 is 5.32 Å². The predicted octanol–water partition coefficient (Wildman–Crippen LogP) is 2.12. The van der Waals surface area contributed by atoms with E-state index in [-0.39, 0.29) is 41.4 Å². The van der Waals surface area contributed by atoms with Crippen molar-refractivity contribution in [3.05, 3.63) is 64.7 Å². The van der Waals surface area contributed by atoms with E-state index in [0.717, 1.165) is 27.9 Å². The van der Waals surface area contributed by atoms with Crippen LogP contribution in [0.25, 0.3) is 0 Å². The topological polar surface area (TPSA) is 75.3 Å². The van der Waals surface area contributed by atoms with Gasteiger partial charge in [0.25, 0.3) is 0 Å². The van der Waals surface area contributed by atoms with Crippen LogP contribution in [0.15, 0.2) is 42.5 Å². The maximum absolute atomic E-state index is 12.5. The Hall–Kier alpha value is -2.95. The Balaban J connectivity index is 1.76. The smallest absolute Gasteiger partial charge is 0.231 e. The summed E-state index contributed by atoms with van der Waals surface area (Å²) in [5.41, 5.74) is 5.10. The van der Waals surface area contributed by atoms with Crippen LogP contribution in [0, 0.1) is 11.8 Å². The van der Waals surface area contributed by atoms with Gasteiger partial charge in [-0.2, -0.15) is 0 Å². The second-order valence-electron chi connectivity index (χ2n) is 7.01. The second-order valence-corrected chi connectivity index (χ2v) is 7.01. The third-order valence-electron chi connectivity index (χ3n) is 5.70. The summed E-state index contributed by atoms with van der Waals surface area (Å²) in [5, 5.41) is 5.34. The SMILES string of the molecule is CC(=O)Nc1ccc2c(c1)C1c3ccccc3C2C2C(=O)NC(=O)C12. The van der Waals surface area contributed by atoms with Gasteiger partial charge in [-0.3, -0.25) is 19.7 Å². The summed E-state index contributed by atoms with van der Waals surface area (Å²) in [7, 11) is 0. The number of benzene rings is 2. The minimum atomic E-state index is -0.368. The number of imide groups is 1. The fourth-order valence-electron chi connectivity index (χ4n) is 4.93. The summed E-state index contributed by atoms with van der Waals surface area (Å²) in [6, 6.07) is 13.9. The normalized spacial score (nSPS) is 28.0. The molecule has 1 saturated heterocycles. The lowest BCUT2D eigenvalue weighted by molar-refractivity contribution is -0.126. The van der Waals surface area contributed by atoms with Crippen LogP contribution in [-0.4, -0.2) is 17.7 Å². The van der Waals surface area contributed by atoms with E-state index in [1.807, 2.05) is 36.4 Å². The molecule has 5 nitrogen and oxygen atoms in total. The van der Waals surface area contributed by atoms with Crippen LogP contribution in [-0.2, 0) is 14.4 Å². The second kappa shape index (κ2) is 4.79. The van der Waals surface area contributed by atoms with Gasteiger partial charge in [-0.05, 0) is 34.4 Å². The number of nitrogens with one attached hydrogen (secondary N) is 2. The maximum Gasteiger partial charge on any atom is 0.231 e. The van der Waals surface area contributed by atoms with Crippen LogP contribution in [0.4, 0.5) is 5.69 Å². The van der Waals surface area contributed by atoms with Crippen LogP contribution < -0.4 is 10.6 Å². The Morgan fingerprint density at radius 2 is 1.44 bits per heavy atom. The summed E-state index contributed by atoms with van der Waals surface area (Å²) >= 11 is 0. The Kier molecular flexibility index (Phi) is 2.76. The Morgan fingerprint density at radius 3 is 2.04 bits per heavy atom. The monoisotopic (exact) mass is 332 g/mol. The van der Waals surface area contributed by atoms with Crippen LogP contribution in [0.1, 0.15) is 41.0 Å². The highest BCUT2D eigenvalue weighted by atomic mass is 16.2. The highest BCUT2D eigenvalue weighted by Gasteiger charge is 2.58. The van der Waals surface area contributed by atoms with Crippen molar-refractivity contribution >= 4 is 23.4 Å². The zero-order valence-electron chi connectivity index (χ0n) is 13.6. The van der Waals surface area contributed by atoms with Crippen molar-refractivity contribution in [3.63, 3.8) is 0 Å². The summed E-state index contributed by atoms with van der Waals surface area (Å²) in [6.45, 7) is 1.47. The van der Waals surface area contributed by atoms with Crippen molar-refractivity contribution in [1.82, 2.24) is 5.32 Å². The molecule has 3 amide bonds. The molecule has 2 aromatic carbocycles. The summed E-state index contributed by atoms with van der Waals surface area (Å²) in [4.78, 5) is 36.3. The third-order valence-corrected chi connectivity index (χ3v) is 5.70. The molecule has 2 N–H and O–H groups in total. The summed E-state index contributed by atoms with van der Waals surface area (Å²) < 4.78 is 0. The molecule has 2 aromatic rings. The number of hydrogen-bond acceptors (Lipinski definition) is 3. The summed E-state index contributed by atoms with van der Waals surface area (Å²) in [6.07, 6.45) is 0. The molecule has 4 atom stereocenters. The molecule has 0 spiro atoms. The number of hydrogen-bond donors (Lipinski definition) is 2. The Morgan fingerprint density at radius 1 is 0.880 bits per heavy atom. The number of carbonyl (C=O) groups is 3. The van der Waals surface area contributed by atoms with Gasteiger partial charge in [0.05, 0.1) is 11.8 Å². The van der Waals surface area contributed by atoms with Crippen LogP contribution in [0.5, 0.6) is 0 Å². The molecular weight excluding hydrogens is 316 g/mol. The van der Waals surface area contributed by atoms with Crippen LogP contribution in [0.2, 0.25) is 0 Å². The largest absolute Gasteiger partial charge is 0.326 e. The molecule has 0 saturated carbocycles. The van der Waals surface area contributed by atoms with Gasteiger partial charge in [-0.15, -0.1) is 0 Å².